The van der Waals surface area contributed by atoms with Crippen LogP contribution in [-0.4, -0.2) is 47.2 Å². The number of aliphatic carboxylic acids is 1. The van der Waals surface area contributed by atoms with Crippen molar-refractivity contribution in [3.8, 4) is 0 Å². The van der Waals surface area contributed by atoms with E-state index < -0.39 is 5.97 Å². The van der Waals surface area contributed by atoms with Crippen molar-refractivity contribution in [3.63, 3.8) is 0 Å². The molecule has 0 aromatic rings. The van der Waals surface area contributed by atoms with E-state index in [-0.39, 0.29) is 23.3 Å². The van der Waals surface area contributed by atoms with Crippen LogP contribution < -0.4 is 0 Å². The Morgan fingerprint density at radius 2 is 2.05 bits per heavy atom. The highest BCUT2D eigenvalue weighted by atomic mass is 16.5. The zero-order valence-corrected chi connectivity index (χ0v) is 11.7. The smallest absolute Gasteiger partial charge is 0.306 e. The predicted octanol–water partition coefficient (Wildman–Crippen LogP) is 1.51. The Bertz CT molecular complexity index is 370. The van der Waals surface area contributed by atoms with Crippen molar-refractivity contribution in [2.24, 2.45) is 11.8 Å². The molecule has 5 nitrogen and oxygen atoms in total. The summed E-state index contributed by atoms with van der Waals surface area (Å²) in [5.41, 5.74) is -0.251. The summed E-state index contributed by atoms with van der Waals surface area (Å²) >= 11 is 0. The topological polar surface area (TPSA) is 66.8 Å². The van der Waals surface area contributed by atoms with Crippen molar-refractivity contribution in [2.75, 3.05) is 19.7 Å². The summed E-state index contributed by atoms with van der Waals surface area (Å²) in [5, 5.41) is 9.00. The Morgan fingerprint density at radius 3 is 2.63 bits per heavy atom. The van der Waals surface area contributed by atoms with E-state index in [1.165, 1.54) is 0 Å². The number of ether oxygens (including phenoxy) is 1. The first-order chi connectivity index (χ1) is 8.95. The average molecular weight is 269 g/mol. The largest absolute Gasteiger partial charge is 0.481 e. The molecule has 3 atom stereocenters. The molecule has 19 heavy (non-hydrogen) atoms. The monoisotopic (exact) mass is 269 g/mol. The van der Waals surface area contributed by atoms with Gasteiger partial charge in [-0.2, -0.15) is 0 Å². The lowest BCUT2D eigenvalue weighted by molar-refractivity contribution is -0.152. The number of carbonyl (C=O) groups is 2. The molecule has 2 fully saturated rings. The lowest BCUT2D eigenvalue weighted by atomic mass is 9.98. The summed E-state index contributed by atoms with van der Waals surface area (Å²) in [7, 11) is 0. The average Bonchev–Trinajstić information content (AvgIpc) is 2.87. The number of amides is 1. The highest BCUT2D eigenvalue weighted by Gasteiger charge is 2.39. The Labute approximate surface area is 113 Å². The second kappa shape index (κ2) is 5.49. The molecule has 0 spiro atoms. The van der Waals surface area contributed by atoms with Gasteiger partial charge in [0.1, 0.15) is 0 Å². The minimum atomic E-state index is -0.768. The van der Waals surface area contributed by atoms with Gasteiger partial charge >= 0.3 is 5.97 Å². The van der Waals surface area contributed by atoms with Crippen LogP contribution in [0, 0.1) is 11.8 Å². The molecule has 2 aliphatic rings. The third-order valence-corrected chi connectivity index (χ3v) is 4.53. The number of morpholine rings is 1. The van der Waals surface area contributed by atoms with Crippen molar-refractivity contribution in [2.45, 2.75) is 45.1 Å². The van der Waals surface area contributed by atoms with Crippen molar-refractivity contribution in [3.05, 3.63) is 0 Å². The van der Waals surface area contributed by atoms with E-state index in [0.29, 0.717) is 39.0 Å². The van der Waals surface area contributed by atoms with Crippen LogP contribution in [0.25, 0.3) is 0 Å². The van der Waals surface area contributed by atoms with Gasteiger partial charge in [-0.1, -0.05) is 6.92 Å². The van der Waals surface area contributed by atoms with E-state index in [4.69, 9.17) is 9.84 Å². The first kappa shape index (κ1) is 14.3. The van der Waals surface area contributed by atoms with Crippen LogP contribution in [0.2, 0.25) is 0 Å². The van der Waals surface area contributed by atoms with E-state index in [0.717, 1.165) is 6.42 Å². The summed E-state index contributed by atoms with van der Waals surface area (Å²) in [6, 6.07) is 0. The van der Waals surface area contributed by atoms with Gasteiger partial charge in [0.05, 0.1) is 18.1 Å². The van der Waals surface area contributed by atoms with Crippen LogP contribution >= 0.6 is 0 Å². The fraction of sp³-hybridized carbons (Fsp3) is 0.857. The molecule has 5 heteroatoms. The van der Waals surface area contributed by atoms with Crippen LogP contribution in [0.5, 0.6) is 0 Å². The maximum atomic E-state index is 12.4. The summed E-state index contributed by atoms with van der Waals surface area (Å²) < 4.78 is 5.73. The SMILES string of the molecule is CCC1(C)CN(C(=O)[C@@H]2CC[C@H](C(=O)O)C2)CCO1. The molecular weight excluding hydrogens is 246 g/mol. The third kappa shape index (κ3) is 3.08. The van der Waals surface area contributed by atoms with E-state index >= 15 is 0 Å². The Kier molecular flexibility index (Phi) is 4.13. The van der Waals surface area contributed by atoms with Gasteiger partial charge in [0, 0.05) is 19.0 Å². The molecule has 1 aliphatic carbocycles. The van der Waals surface area contributed by atoms with Gasteiger partial charge in [0.25, 0.3) is 0 Å². The predicted molar refractivity (Wildman–Crippen MR) is 69.7 cm³/mol. The molecule has 2 rings (SSSR count). The number of carboxylic acid groups (broad SMARTS) is 1. The molecule has 0 bridgehead atoms. The molecule has 1 amide bonds. The molecule has 1 aliphatic heterocycles. The second-order valence-corrected chi connectivity index (χ2v) is 5.96. The highest BCUT2D eigenvalue weighted by molar-refractivity contribution is 5.81. The molecule has 1 saturated heterocycles. The van der Waals surface area contributed by atoms with Gasteiger partial charge in [-0.25, -0.2) is 0 Å². The van der Waals surface area contributed by atoms with Gasteiger partial charge < -0.3 is 14.7 Å². The number of rotatable bonds is 3. The van der Waals surface area contributed by atoms with Crippen molar-refractivity contribution in [1.29, 1.82) is 0 Å². The number of nitrogens with zero attached hydrogens (tertiary/aromatic N) is 1. The number of carboxylic acids is 1. The Morgan fingerprint density at radius 1 is 1.37 bits per heavy atom. The van der Waals surface area contributed by atoms with E-state index in [2.05, 4.69) is 6.92 Å². The first-order valence-electron chi connectivity index (χ1n) is 7.11. The van der Waals surface area contributed by atoms with Crippen LogP contribution in [0.15, 0.2) is 0 Å². The molecule has 1 N–H and O–H groups in total. The molecule has 1 heterocycles. The maximum Gasteiger partial charge on any atom is 0.306 e. The molecule has 1 saturated carbocycles. The first-order valence-corrected chi connectivity index (χ1v) is 7.11. The second-order valence-electron chi connectivity index (χ2n) is 5.96. The molecular formula is C14H23NO4. The normalized spacial score (nSPS) is 35.4. The molecule has 0 radical (unpaired) electrons. The van der Waals surface area contributed by atoms with E-state index in [9.17, 15) is 9.59 Å². The summed E-state index contributed by atoms with van der Waals surface area (Å²) in [6.45, 7) is 5.91. The Hall–Kier alpha value is -1.10. The van der Waals surface area contributed by atoms with Crippen LogP contribution in [0.1, 0.15) is 39.5 Å². The minimum absolute atomic E-state index is 0.111. The Balaban J connectivity index is 1.95. The van der Waals surface area contributed by atoms with E-state index in [1.54, 1.807) is 0 Å². The van der Waals surface area contributed by atoms with Gasteiger partial charge in [-0.05, 0) is 32.6 Å². The van der Waals surface area contributed by atoms with Gasteiger partial charge in [0.15, 0.2) is 0 Å². The van der Waals surface area contributed by atoms with E-state index in [1.807, 2.05) is 11.8 Å². The van der Waals surface area contributed by atoms with Crippen molar-refractivity contribution < 1.29 is 19.4 Å². The lowest BCUT2D eigenvalue weighted by Gasteiger charge is -2.41. The maximum absolute atomic E-state index is 12.4. The molecule has 0 aromatic carbocycles. The molecule has 108 valence electrons. The van der Waals surface area contributed by atoms with Crippen LogP contribution in [-0.2, 0) is 14.3 Å². The van der Waals surface area contributed by atoms with Gasteiger partial charge in [0.2, 0.25) is 5.91 Å². The fourth-order valence-corrected chi connectivity index (χ4v) is 3.02. The van der Waals surface area contributed by atoms with Crippen molar-refractivity contribution in [1.82, 2.24) is 4.90 Å². The zero-order valence-electron chi connectivity index (χ0n) is 11.7. The third-order valence-electron chi connectivity index (χ3n) is 4.53. The standard InChI is InChI=1S/C14H23NO4/c1-3-14(2)9-15(6-7-19-14)12(16)10-4-5-11(8-10)13(17)18/h10-11H,3-9H2,1-2H3,(H,17,18)/t10-,11+,14?/m1/s1. The zero-order chi connectivity index (χ0) is 14.0. The number of carbonyl (C=O) groups excluding carboxylic acids is 1. The molecule has 0 aromatic heterocycles. The highest BCUT2D eigenvalue weighted by Crippen LogP contribution is 2.33. The number of hydrogen-bond donors (Lipinski definition) is 1. The quantitative estimate of drug-likeness (QED) is 0.843. The summed E-state index contributed by atoms with van der Waals surface area (Å²) in [5.74, 6) is -1.10. The fourth-order valence-electron chi connectivity index (χ4n) is 3.02. The lowest BCUT2D eigenvalue weighted by Crippen LogP contribution is -2.53. The van der Waals surface area contributed by atoms with Gasteiger partial charge in [-0.15, -0.1) is 0 Å². The van der Waals surface area contributed by atoms with Gasteiger partial charge in [-0.3, -0.25) is 9.59 Å². The van der Waals surface area contributed by atoms with Crippen molar-refractivity contribution >= 4 is 11.9 Å². The minimum Gasteiger partial charge on any atom is -0.481 e. The van der Waals surface area contributed by atoms with Crippen LogP contribution in [0.3, 0.4) is 0 Å². The summed E-state index contributed by atoms with van der Waals surface area (Å²) in [4.78, 5) is 25.3. The number of hydrogen-bond acceptors (Lipinski definition) is 3. The molecule has 1 unspecified atom stereocenters. The summed E-state index contributed by atoms with van der Waals surface area (Å²) in [6.07, 6.45) is 2.70. The van der Waals surface area contributed by atoms with Crippen LogP contribution in [0.4, 0.5) is 0 Å².